The maximum absolute atomic E-state index is 11.6. The van der Waals surface area contributed by atoms with Gasteiger partial charge in [0.05, 0.1) is 18.8 Å². The van der Waals surface area contributed by atoms with Gasteiger partial charge < -0.3 is 25.0 Å². The Morgan fingerprint density at radius 1 is 1.14 bits per heavy atom. The van der Waals surface area contributed by atoms with Gasteiger partial charge in [-0.25, -0.2) is 14.6 Å². The Morgan fingerprint density at radius 3 is 2.69 bits per heavy atom. The average Bonchev–Trinajstić information content (AvgIpc) is 2.87. The van der Waals surface area contributed by atoms with Crippen molar-refractivity contribution in [2.45, 2.75) is 31.4 Å². The van der Waals surface area contributed by atoms with Gasteiger partial charge in [0.2, 0.25) is 0 Å². The molecule has 4 rings (SSSR count). The number of hydrogen-bond donors (Lipinski definition) is 4. The molecule has 188 valence electrons. The number of hydrogen-bond acceptors (Lipinski definition) is 7. The number of amides is 1. The highest BCUT2D eigenvalue weighted by Gasteiger charge is 2.21. The molecule has 1 amide bonds. The van der Waals surface area contributed by atoms with E-state index in [1.54, 1.807) is 18.3 Å². The predicted molar refractivity (Wildman–Crippen MR) is 134 cm³/mol. The lowest BCUT2D eigenvalue weighted by atomic mass is 9.88. The van der Waals surface area contributed by atoms with Crippen molar-refractivity contribution in [1.29, 1.82) is 0 Å². The highest BCUT2D eigenvalue weighted by Crippen LogP contribution is 2.31. The Morgan fingerprint density at radius 2 is 1.97 bits per heavy atom. The summed E-state index contributed by atoms with van der Waals surface area (Å²) >= 11 is 5.82. The van der Waals surface area contributed by atoms with Crippen molar-refractivity contribution < 1.29 is 29.3 Å². The monoisotopic (exact) mass is 511 g/mol. The van der Waals surface area contributed by atoms with Crippen molar-refractivity contribution in [3.63, 3.8) is 0 Å². The van der Waals surface area contributed by atoms with E-state index in [2.05, 4.69) is 20.4 Å². The predicted octanol–water partition coefficient (Wildman–Crippen LogP) is 4.58. The molecule has 0 spiro atoms. The molecule has 4 N–H and O–H groups in total. The van der Waals surface area contributed by atoms with E-state index in [9.17, 15) is 19.8 Å². The Kier molecular flexibility index (Phi) is 8.04. The number of aryl methyl sites for hydroxylation is 1. The number of methoxy groups -OCH3 is 1. The van der Waals surface area contributed by atoms with Gasteiger partial charge in [0, 0.05) is 36.1 Å². The number of ether oxygens (including phenoxy) is 2. The van der Waals surface area contributed by atoms with Crippen LogP contribution in [0.5, 0.6) is 11.5 Å². The van der Waals surface area contributed by atoms with E-state index in [4.69, 9.17) is 16.3 Å². The highest BCUT2D eigenvalue weighted by molar-refractivity contribution is 6.29. The molecular formula is C26H26ClN3O6. The molecule has 2 aromatic carbocycles. The van der Waals surface area contributed by atoms with E-state index >= 15 is 0 Å². The van der Waals surface area contributed by atoms with E-state index in [1.807, 2.05) is 18.2 Å². The second kappa shape index (κ2) is 11.4. The van der Waals surface area contributed by atoms with E-state index in [1.165, 1.54) is 30.9 Å². The zero-order valence-corrected chi connectivity index (χ0v) is 20.3. The summed E-state index contributed by atoms with van der Waals surface area (Å²) < 4.78 is 10.5. The number of aromatic carboxylic acids is 1. The van der Waals surface area contributed by atoms with E-state index in [-0.39, 0.29) is 23.0 Å². The van der Waals surface area contributed by atoms with Gasteiger partial charge in [-0.2, -0.15) is 0 Å². The van der Waals surface area contributed by atoms with Gasteiger partial charge in [0.25, 0.3) is 0 Å². The highest BCUT2D eigenvalue weighted by atomic mass is 35.5. The quantitative estimate of drug-likeness (QED) is 0.323. The smallest absolute Gasteiger partial charge is 0.411 e. The maximum atomic E-state index is 11.6. The summed E-state index contributed by atoms with van der Waals surface area (Å²) in [4.78, 5) is 27.1. The number of carboxylic acid groups (broad SMARTS) is 1. The van der Waals surface area contributed by atoms with E-state index in [0.717, 1.165) is 24.8 Å². The number of aliphatic hydroxyl groups is 1. The molecule has 0 fully saturated rings. The molecule has 10 heteroatoms. The standard InChI is InChI=1S/C26H26ClN3O6/c1-35-26(34)30-20-9-18(25(32)33)11-22(12-20)36-21-6-3-15-2-5-19(8-17(15)10-21)28-14-23(31)16-4-7-24(27)29-13-16/h3-4,6-7,9-13,19,23,28,31H,2,5,8,14H2,1H3,(H,30,34)(H,32,33)/t19-,23+/m0/s1. The first-order chi connectivity index (χ1) is 17.3. The number of benzene rings is 2. The normalized spacial score (nSPS) is 15.5. The van der Waals surface area contributed by atoms with Gasteiger partial charge in [-0.05, 0) is 60.7 Å². The molecule has 1 aliphatic rings. The number of fused-ring (bicyclic) bond motifs is 1. The van der Waals surface area contributed by atoms with Crippen LogP contribution in [0.2, 0.25) is 5.15 Å². The van der Waals surface area contributed by atoms with Crippen molar-refractivity contribution in [2.75, 3.05) is 19.0 Å². The zero-order chi connectivity index (χ0) is 25.7. The van der Waals surface area contributed by atoms with Crippen LogP contribution in [0.4, 0.5) is 10.5 Å². The summed E-state index contributed by atoms with van der Waals surface area (Å²) in [5.41, 5.74) is 3.24. The fraction of sp³-hybridized carbons (Fsp3) is 0.269. The third-order valence-electron chi connectivity index (χ3n) is 5.96. The van der Waals surface area contributed by atoms with Crippen LogP contribution in [0.25, 0.3) is 0 Å². The summed E-state index contributed by atoms with van der Waals surface area (Å²) in [5.74, 6) is -0.330. The van der Waals surface area contributed by atoms with Gasteiger partial charge in [0.1, 0.15) is 16.7 Å². The summed E-state index contributed by atoms with van der Waals surface area (Å²) in [7, 11) is 1.22. The van der Waals surface area contributed by atoms with Gasteiger partial charge >= 0.3 is 12.1 Å². The average molecular weight is 512 g/mol. The zero-order valence-electron chi connectivity index (χ0n) is 19.5. The minimum Gasteiger partial charge on any atom is -0.478 e. The van der Waals surface area contributed by atoms with Gasteiger partial charge in [-0.15, -0.1) is 0 Å². The number of aliphatic hydroxyl groups excluding tert-OH is 1. The Bertz CT molecular complexity index is 1250. The minimum absolute atomic E-state index is 0.0319. The Hall–Kier alpha value is -3.66. The third kappa shape index (κ3) is 6.51. The molecule has 3 aromatic rings. The Labute approximate surface area is 213 Å². The number of nitrogens with zero attached hydrogens (tertiary/aromatic N) is 1. The van der Waals surface area contributed by atoms with Crippen LogP contribution in [-0.4, -0.2) is 47.0 Å². The van der Waals surface area contributed by atoms with Crippen molar-refractivity contribution in [2.24, 2.45) is 0 Å². The first kappa shape index (κ1) is 25.4. The number of halogens is 1. The summed E-state index contributed by atoms with van der Waals surface area (Å²) in [6, 6.07) is 13.6. The molecule has 0 aliphatic heterocycles. The summed E-state index contributed by atoms with van der Waals surface area (Å²) in [6.07, 6.45) is 2.73. The van der Waals surface area contributed by atoms with Crippen LogP contribution in [0.3, 0.4) is 0 Å². The maximum Gasteiger partial charge on any atom is 0.411 e. The van der Waals surface area contributed by atoms with Crippen molar-refractivity contribution in [3.8, 4) is 11.5 Å². The number of pyridine rings is 1. The van der Waals surface area contributed by atoms with Crippen molar-refractivity contribution in [1.82, 2.24) is 10.3 Å². The van der Waals surface area contributed by atoms with Crippen LogP contribution in [0, 0.1) is 0 Å². The first-order valence-corrected chi connectivity index (χ1v) is 11.7. The Balaban J connectivity index is 1.43. The second-order valence-electron chi connectivity index (χ2n) is 8.48. The number of carboxylic acids is 1. The molecule has 0 radical (unpaired) electrons. The second-order valence-corrected chi connectivity index (χ2v) is 8.87. The van der Waals surface area contributed by atoms with Crippen molar-refractivity contribution >= 4 is 29.4 Å². The van der Waals surface area contributed by atoms with Crippen molar-refractivity contribution in [3.05, 3.63) is 82.1 Å². The number of anilines is 1. The molecule has 9 nitrogen and oxygen atoms in total. The number of carbonyl (C=O) groups excluding carboxylic acids is 1. The van der Waals surface area contributed by atoms with Gasteiger partial charge in [-0.1, -0.05) is 23.7 Å². The third-order valence-corrected chi connectivity index (χ3v) is 6.19. The van der Waals surface area contributed by atoms with E-state index in [0.29, 0.717) is 23.0 Å². The fourth-order valence-electron chi connectivity index (χ4n) is 4.11. The lowest BCUT2D eigenvalue weighted by molar-refractivity contribution is 0.0696. The lowest BCUT2D eigenvalue weighted by Crippen LogP contribution is -2.37. The number of nitrogens with one attached hydrogen (secondary N) is 2. The molecule has 1 aliphatic carbocycles. The van der Waals surface area contributed by atoms with Gasteiger partial charge in [0.15, 0.2) is 0 Å². The molecule has 0 saturated carbocycles. The van der Waals surface area contributed by atoms with E-state index < -0.39 is 18.2 Å². The van der Waals surface area contributed by atoms with Crippen LogP contribution in [-0.2, 0) is 17.6 Å². The van der Waals surface area contributed by atoms with Gasteiger partial charge in [-0.3, -0.25) is 5.32 Å². The number of aromatic nitrogens is 1. The molecule has 0 bridgehead atoms. The molecule has 2 atom stereocenters. The molecule has 0 saturated heterocycles. The van der Waals surface area contributed by atoms with Crippen LogP contribution in [0.15, 0.2) is 54.7 Å². The SMILES string of the molecule is COC(=O)Nc1cc(Oc2ccc3c(c2)C[C@@H](NC[C@@H](O)c2ccc(Cl)nc2)CC3)cc(C(=O)O)c1. The molecule has 36 heavy (non-hydrogen) atoms. The largest absolute Gasteiger partial charge is 0.478 e. The first-order valence-electron chi connectivity index (χ1n) is 11.4. The van der Waals surface area contributed by atoms with Crippen LogP contribution in [0.1, 0.15) is 39.6 Å². The summed E-state index contributed by atoms with van der Waals surface area (Å²) in [6.45, 7) is 0.386. The molecule has 0 unspecified atom stereocenters. The minimum atomic E-state index is -1.15. The van der Waals surface area contributed by atoms with Crippen LogP contribution >= 0.6 is 11.6 Å². The molecule has 1 aromatic heterocycles. The number of carbonyl (C=O) groups is 2. The number of rotatable bonds is 8. The molecular weight excluding hydrogens is 486 g/mol. The fourth-order valence-corrected chi connectivity index (χ4v) is 4.22. The molecule has 1 heterocycles. The van der Waals surface area contributed by atoms with Crippen LogP contribution < -0.4 is 15.4 Å². The topological polar surface area (TPSA) is 130 Å². The lowest BCUT2D eigenvalue weighted by Gasteiger charge is -2.27. The summed E-state index contributed by atoms with van der Waals surface area (Å²) in [5, 5.41) is 26.1.